The third kappa shape index (κ3) is 4.35. The van der Waals surface area contributed by atoms with Crippen molar-refractivity contribution >= 4 is 46.1 Å². The van der Waals surface area contributed by atoms with E-state index in [0.717, 1.165) is 51.1 Å². The first-order chi connectivity index (χ1) is 20.1. The van der Waals surface area contributed by atoms with Crippen LogP contribution in [0, 0.1) is 6.92 Å². The Labute approximate surface area is 237 Å². The van der Waals surface area contributed by atoms with Gasteiger partial charge in [-0.3, -0.25) is 4.79 Å². The summed E-state index contributed by atoms with van der Waals surface area (Å²) in [7, 11) is 0. The maximum Gasteiger partial charge on any atom is 0.221 e. The molecule has 200 valence electrons. The second-order valence-corrected chi connectivity index (χ2v) is 10.0. The zero-order valence-electron chi connectivity index (χ0n) is 22.6. The largest absolute Gasteiger partial charge is 0.337 e. The smallest absolute Gasteiger partial charge is 0.221 e. The Morgan fingerprint density at radius 2 is 1.44 bits per heavy atom. The van der Waals surface area contributed by atoms with Crippen LogP contribution < -0.4 is 15.5 Å². The Morgan fingerprint density at radius 1 is 0.780 bits per heavy atom. The number of aryl methyl sites for hydroxylation is 1. The van der Waals surface area contributed by atoms with E-state index in [1.54, 1.807) is 0 Å². The maximum atomic E-state index is 11.5. The third-order valence-electron chi connectivity index (χ3n) is 7.22. The normalized spacial score (nSPS) is 15.2. The standard InChI is InChI=1S/C33H27N7O/c1-21-29-30(23-11-5-3-6-12-23)39-28-16-10-9-15-27(28)36-31(35-25-19-17-24(18-20-25)34-22(2)41)33(39)37-32(29)40(38-21)26-13-7-4-8-14-26/h3-20,30H,1-2H3,(H,34,41)(H,35,36)/t30-/m1/s1. The number of benzene rings is 4. The highest BCUT2D eigenvalue weighted by molar-refractivity contribution is 6.51. The summed E-state index contributed by atoms with van der Waals surface area (Å²) in [5.74, 6) is 2.00. The van der Waals surface area contributed by atoms with E-state index >= 15 is 0 Å². The molecule has 1 aromatic heterocycles. The third-order valence-corrected chi connectivity index (χ3v) is 7.22. The molecule has 0 bridgehead atoms. The van der Waals surface area contributed by atoms with Gasteiger partial charge in [0.05, 0.1) is 28.8 Å². The minimum atomic E-state index is -0.174. The molecule has 4 aromatic carbocycles. The number of para-hydroxylation sites is 3. The number of fused-ring (bicyclic) bond motifs is 4. The number of hydrogen-bond donors (Lipinski definition) is 2. The molecule has 1 amide bonds. The molecule has 7 rings (SSSR count). The Morgan fingerprint density at radius 3 is 2.17 bits per heavy atom. The zero-order valence-corrected chi connectivity index (χ0v) is 22.6. The van der Waals surface area contributed by atoms with Crippen molar-refractivity contribution in [3.63, 3.8) is 0 Å². The second-order valence-electron chi connectivity index (χ2n) is 10.0. The molecule has 3 heterocycles. The first-order valence-corrected chi connectivity index (χ1v) is 13.5. The molecule has 2 aliphatic rings. The van der Waals surface area contributed by atoms with Crippen LogP contribution >= 0.6 is 0 Å². The van der Waals surface area contributed by atoms with E-state index in [-0.39, 0.29) is 11.9 Å². The van der Waals surface area contributed by atoms with Gasteiger partial charge in [0, 0.05) is 23.9 Å². The molecule has 8 heteroatoms. The number of aromatic nitrogens is 2. The Balaban J connectivity index is 1.42. The fourth-order valence-corrected chi connectivity index (χ4v) is 5.47. The van der Waals surface area contributed by atoms with E-state index in [1.807, 2.05) is 83.5 Å². The molecule has 0 fully saturated rings. The van der Waals surface area contributed by atoms with Crippen molar-refractivity contribution in [2.75, 3.05) is 15.5 Å². The average Bonchev–Trinajstić information content (AvgIpc) is 3.33. The predicted molar refractivity (Wildman–Crippen MR) is 164 cm³/mol. The lowest BCUT2D eigenvalue weighted by molar-refractivity contribution is -0.114. The van der Waals surface area contributed by atoms with E-state index in [1.165, 1.54) is 6.92 Å². The molecule has 8 nitrogen and oxygen atoms in total. The lowest BCUT2D eigenvalue weighted by Gasteiger charge is -2.40. The fraction of sp³-hybridized carbons (Fsp3) is 0.0909. The van der Waals surface area contributed by atoms with Crippen LogP contribution in [-0.4, -0.2) is 27.4 Å². The topological polar surface area (TPSA) is 86.9 Å². The Bertz CT molecular complexity index is 1820. The van der Waals surface area contributed by atoms with Gasteiger partial charge in [0.25, 0.3) is 0 Å². The summed E-state index contributed by atoms with van der Waals surface area (Å²) < 4.78 is 1.92. The molecule has 41 heavy (non-hydrogen) atoms. The summed E-state index contributed by atoms with van der Waals surface area (Å²) in [5.41, 5.74) is 7.43. The molecular formula is C33H27N7O. The van der Waals surface area contributed by atoms with Gasteiger partial charge in [-0.1, -0.05) is 60.7 Å². The first kappa shape index (κ1) is 24.5. The highest BCUT2D eigenvalue weighted by Crippen LogP contribution is 2.48. The van der Waals surface area contributed by atoms with Gasteiger partial charge in [-0.2, -0.15) is 5.10 Å². The van der Waals surface area contributed by atoms with Crippen LogP contribution in [0.2, 0.25) is 0 Å². The number of hydrogen-bond acceptors (Lipinski definition) is 6. The van der Waals surface area contributed by atoms with Crippen molar-refractivity contribution in [1.29, 1.82) is 0 Å². The number of amides is 1. The lowest BCUT2D eigenvalue weighted by Crippen LogP contribution is -2.46. The molecule has 2 aliphatic heterocycles. The molecule has 0 radical (unpaired) electrons. The van der Waals surface area contributed by atoms with Crippen LogP contribution in [0.3, 0.4) is 0 Å². The average molecular weight is 538 g/mol. The van der Waals surface area contributed by atoms with Gasteiger partial charge < -0.3 is 15.5 Å². The quantitative estimate of drug-likeness (QED) is 0.260. The maximum absolute atomic E-state index is 11.5. The fourth-order valence-electron chi connectivity index (χ4n) is 5.47. The summed E-state index contributed by atoms with van der Waals surface area (Å²) in [6.07, 6.45) is 0. The molecule has 0 unspecified atom stereocenters. The molecule has 5 aromatic rings. The summed E-state index contributed by atoms with van der Waals surface area (Å²) in [4.78, 5) is 24.1. The summed E-state index contributed by atoms with van der Waals surface area (Å²) in [6, 6.07) is 36.1. The number of anilines is 3. The predicted octanol–water partition coefficient (Wildman–Crippen LogP) is 6.93. The zero-order chi connectivity index (χ0) is 27.9. The number of carbonyl (C=O) groups excluding carboxylic acids is 1. The second kappa shape index (κ2) is 9.91. The van der Waals surface area contributed by atoms with Crippen LogP contribution in [-0.2, 0) is 4.79 Å². The molecule has 0 spiro atoms. The highest BCUT2D eigenvalue weighted by atomic mass is 16.1. The summed E-state index contributed by atoms with van der Waals surface area (Å²) in [6.45, 7) is 3.55. The molecule has 2 N–H and O–H groups in total. The van der Waals surface area contributed by atoms with Crippen LogP contribution in [0.25, 0.3) is 5.69 Å². The summed E-state index contributed by atoms with van der Waals surface area (Å²) in [5, 5.41) is 11.3. The number of rotatable bonds is 4. The van der Waals surface area contributed by atoms with Crippen molar-refractivity contribution in [3.05, 3.63) is 126 Å². The van der Waals surface area contributed by atoms with Gasteiger partial charge in [0.15, 0.2) is 17.5 Å². The van der Waals surface area contributed by atoms with Crippen LogP contribution in [0.5, 0.6) is 0 Å². The van der Waals surface area contributed by atoms with E-state index < -0.39 is 0 Å². The molecule has 1 atom stereocenters. The van der Waals surface area contributed by atoms with Crippen molar-refractivity contribution in [3.8, 4) is 5.69 Å². The number of nitrogens with one attached hydrogen (secondary N) is 2. The van der Waals surface area contributed by atoms with Gasteiger partial charge in [0.2, 0.25) is 5.91 Å². The number of aliphatic imine (C=N–C) groups is 2. The summed E-state index contributed by atoms with van der Waals surface area (Å²) >= 11 is 0. The van der Waals surface area contributed by atoms with Gasteiger partial charge in [-0.15, -0.1) is 0 Å². The lowest BCUT2D eigenvalue weighted by atomic mass is 9.93. The van der Waals surface area contributed by atoms with E-state index in [0.29, 0.717) is 11.7 Å². The number of carbonyl (C=O) groups is 1. The monoisotopic (exact) mass is 537 g/mol. The van der Waals surface area contributed by atoms with Crippen molar-refractivity contribution in [2.24, 2.45) is 9.98 Å². The Hall–Kier alpha value is -5.50. The molecular weight excluding hydrogens is 510 g/mol. The minimum absolute atomic E-state index is 0.112. The minimum Gasteiger partial charge on any atom is -0.337 e. The van der Waals surface area contributed by atoms with Gasteiger partial charge in [-0.05, 0) is 61.0 Å². The van der Waals surface area contributed by atoms with Crippen LogP contribution in [0.4, 0.5) is 28.6 Å². The molecule has 0 aliphatic carbocycles. The van der Waals surface area contributed by atoms with E-state index in [4.69, 9.17) is 15.1 Å². The van der Waals surface area contributed by atoms with Crippen molar-refractivity contribution < 1.29 is 4.79 Å². The first-order valence-electron chi connectivity index (χ1n) is 13.5. The van der Waals surface area contributed by atoms with Crippen LogP contribution in [0.15, 0.2) is 119 Å². The van der Waals surface area contributed by atoms with Gasteiger partial charge >= 0.3 is 0 Å². The van der Waals surface area contributed by atoms with Crippen molar-refractivity contribution in [1.82, 2.24) is 9.78 Å². The number of amidine groups is 2. The highest BCUT2D eigenvalue weighted by Gasteiger charge is 2.41. The molecule has 0 saturated carbocycles. The molecule has 0 saturated heterocycles. The van der Waals surface area contributed by atoms with E-state index in [2.05, 4.69) is 52.8 Å². The van der Waals surface area contributed by atoms with Gasteiger partial charge in [0.1, 0.15) is 0 Å². The Kier molecular flexibility index (Phi) is 5.93. The van der Waals surface area contributed by atoms with Gasteiger partial charge in [-0.25, -0.2) is 14.7 Å². The SMILES string of the molecule is CC(=O)Nc1ccc(NC2=Nc3ccccc3N3C2=Nc2c(c(C)nn2-c2ccccc2)[C@H]3c2ccccc2)cc1. The van der Waals surface area contributed by atoms with Crippen molar-refractivity contribution in [2.45, 2.75) is 19.9 Å². The van der Waals surface area contributed by atoms with E-state index in [9.17, 15) is 4.79 Å². The van der Waals surface area contributed by atoms with Crippen LogP contribution in [0.1, 0.15) is 29.8 Å². The number of nitrogens with zero attached hydrogens (tertiary/aromatic N) is 5.